The second-order valence-electron chi connectivity index (χ2n) is 7.76. The molecular formula is C24H29BrN6O2. The minimum absolute atomic E-state index is 0.320. The maximum absolute atomic E-state index is 11.2. The first-order chi connectivity index (χ1) is 15.8. The lowest BCUT2D eigenvalue weighted by Crippen LogP contribution is -2.40. The number of hydrogen-bond acceptors (Lipinski definition) is 4. The zero-order valence-electron chi connectivity index (χ0n) is 18.6. The molecule has 2 aromatic heterocycles. The number of benzene rings is 2. The van der Waals surface area contributed by atoms with E-state index in [0.29, 0.717) is 12.8 Å². The molecule has 33 heavy (non-hydrogen) atoms. The summed E-state index contributed by atoms with van der Waals surface area (Å²) in [6.45, 7) is 0. The van der Waals surface area contributed by atoms with E-state index in [1.165, 1.54) is 0 Å². The van der Waals surface area contributed by atoms with Crippen molar-refractivity contribution in [3.8, 4) is 0 Å². The van der Waals surface area contributed by atoms with Crippen LogP contribution < -0.4 is 22.1 Å². The van der Waals surface area contributed by atoms with E-state index in [1.807, 2.05) is 54.9 Å². The first-order valence-corrected chi connectivity index (χ1v) is 11.4. The van der Waals surface area contributed by atoms with Crippen molar-refractivity contribution in [2.24, 2.45) is 11.5 Å². The zero-order valence-corrected chi connectivity index (χ0v) is 20.2. The third kappa shape index (κ3) is 6.01. The van der Waals surface area contributed by atoms with Gasteiger partial charge in [-0.05, 0) is 62.3 Å². The smallest absolute Gasteiger partial charge is 0.234 e. The molecule has 0 aliphatic heterocycles. The monoisotopic (exact) mass is 512 g/mol. The summed E-state index contributed by atoms with van der Waals surface area (Å²) in [4.78, 5) is 28.7. The number of likely N-dealkylation sites (N-methyl/N-ethyl adjacent to an activating group) is 2. The number of halogens is 1. The summed E-state index contributed by atoms with van der Waals surface area (Å²) < 4.78 is 1.02. The number of nitrogens with two attached hydrogens (primary N) is 2. The van der Waals surface area contributed by atoms with Gasteiger partial charge in [-0.15, -0.1) is 0 Å². The van der Waals surface area contributed by atoms with Gasteiger partial charge in [0.1, 0.15) is 0 Å². The topological polar surface area (TPSA) is 142 Å². The number of nitrogens with one attached hydrogen (secondary N) is 4. The molecule has 0 spiro atoms. The van der Waals surface area contributed by atoms with Crippen LogP contribution in [0.3, 0.4) is 0 Å². The Kier molecular flexibility index (Phi) is 8.26. The average Bonchev–Trinajstić information content (AvgIpc) is 3.39. The molecule has 0 saturated heterocycles. The SMILES string of the molecule is CNC(Cc1c[nH]c2ccc(Br)cc12)C(N)=O.CNC(Cc1c[nH]c2ccccc12)C(N)=O. The summed E-state index contributed by atoms with van der Waals surface area (Å²) in [5, 5.41) is 8.09. The van der Waals surface area contributed by atoms with Gasteiger partial charge in [-0.3, -0.25) is 9.59 Å². The molecule has 8 nitrogen and oxygen atoms in total. The van der Waals surface area contributed by atoms with Crippen LogP contribution in [0.1, 0.15) is 11.1 Å². The molecule has 2 heterocycles. The van der Waals surface area contributed by atoms with E-state index >= 15 is 0 Å². The molecule has 9 heteroatoms. The maximum Gasteiger partial charge on any atom is 0.234 e. The number of fused-ring (bicyclic) bond motifs is 2. The lowest BCUT2D eigenvalue weighted by atomic mass is 10.0. The van der Waals surface area contributed by atoms with Gasteiger partial charge in [-0.25, -0.2) is 0 Å². The van der Waals surface area contributed by atoms with Crippen molar-refractivity contribution in [2.45, 2.75) is 24.9 Å². The number of carbonyl (C=O) groups excluding carboxylic acids is 2. The Morgan fingerprint density at radius 2 is 1.36 bits per heavy atom. The third-order valence-corrected chi connectivity index (χ3v) is 6.13. The van der Waals surface area contributed by atoms with E-state index in [4.69, 9.17) is 11.5 Å². The summed E-state index contributed by atoms with van der Waals surface area (Å²) in [6.07, 6.45) is 5.04. The Morgan fingerprint density at radius 1 is 0.848 bits per heavy atom. The van der Waals surface area contributed by atoms with Crippen LogP contribution in [0.4, 0.5) is 0 Å². The van der Waals surface area contributed by atoms with Crippen molar-refractivity contribution in [1.82, 2.24) is 20.6 Å². The van der Waals surface area contributed by atoms with E-state index in [1.54, 1.807) is 14.1 Å². The number of amides is 2. The number of para-hydroxylation sites is 1. The van der Waals surface area contributed by atoms with Crippen LogP contribution in [0, 0.1) is 0 Å². The molecule has 2 amide bonds. The highest BCUT2D eigenvalue weighted by Crippen LogP contribution is 2.23. The fourth-order valence-corrected chi connectivity index (χ4v) is 4.11. The molecule has 2 atom stereocenters. The summed E-state index contributed by atoms with van der Waals surface area (Å²) in [7, 11) is 3.48. The highest BCUT2D eigenvalue weighted by molar-refractivity contribution is 9.10. The van der Waals surface area contributed by atoms with Crippen LogP contribution >= 0.6 is 15.9 Å². The molecular weight excluding hydrogens is 484 g/mol. The van der Waals surface area contributed by atoms with E-state index in [9.17, 15) is 9.59 Å². The Hall–Kier alpha value is -3.14. The van der Waals surface area contributed by atoms with E-state index < -0.39 is 0 Å². The first kappa shape index (κ1) is 24.5. The molecule has 0 bridgehead atoms. The van der Waals surface area contributed by atoms with Gasteiger partial charge >= 0.3 is 0 Å². The molecule has 0 aliphatic rings. The highest BCUT2D eigenvalue weighted by atomic mass is 79.9. The number of carbonyl (C=O) groups is 2. The summed E-state index contributed by atoms with van der Waals surface area (Å²) in [5.41, 5.74) is 14.9. The number of primary amides is 2. The van der Waals surface area contributed by atoms with E-state index in [0.717, 1.165) is 37.4 Å². The molecule has 0 fully saturated rings. The van der Waals surface area contributed by atoms with Crippen molar-refractivity contribution >= 4 is 49.6 Å². The summed E-state index contributed by atoms with van der Waals surface area (Å²) in [6, 6.07) is 13.4. The van der Waals surface area contributed by atoms with Crippen molar-refractivity contribution in [3.05, 3.63) is 70.5 Å². The molecule has 0 radical (unpaired) electrons. The fraction of sp³-hybridized carbons (Fsp3) is 0.250. The number of rotatable bonds is 8. The predicted octanol–water partition coefficient (Wildman–Crippen LogP) is 2.33. The van der Waals surface area contributed by atoms with Crippen LogP contribution in [-0.4, -0.2) is 48.0 Å². The Morgan fingerprint density at radius 3 is 1.91 bits per heavy atom. The van der Waals surface area contributed by atoms with Gasteiger partial charge in [0.25, 0.3) is 0 Å². The molecule has 8 N–H and O–H groups in total. The minimum Gasteiger partial charge on any atom is -0.368 e. The van der Waals surface area contributed by atoms with Gasteiger partial charge in [0.15, 0.2) is 0 Å². The molecule has 0 aliphatic carbocycles. The van der Waals surface area contributed by atoms with Crippen molar-refractivity contribution < 1.29 is 9.59 Å². The van der Waals surface area contributed by atoms with Crippen molar-refractivity contribution in [3.63, 3.8) is 0 Å². The second-order valence-corrected chi connectivity index (χ2v) is 8.67. The van der Waals surface area contributed by atoms with Gasteiger partial charge in [-0.2, -0.15) is 0 Å². The van der Waals surface area contributed by atoms with Crippen LogP contribution in [0.15, 0.2) is 59.3 Å². The van der Waals surface area contributed by atoms with Crippen molar-refractivity contribution in [2.75, 3.05) is 14.1 Å². The summed E-state index contributed by atoms with van der Waals surface area (Å²) >= 11 is 3.44. The van der Waals surface area contributed by atoms with Crippen LogP contribution in [0.25, 0.3) is 21.8 Å². The number of aromatic nitrogens is 2. The number of hydrogen-bond donors (Lipinski definition) is 6. The summed E-state index contributed by atoms with van der Waals surface area (Å²) in [5.74, 6) is -0.662. The predicted molar refractivity (Wildman–Crippen MR) is 136 cm³/mol. The zero-order chi connectivity index (χ0) is 24.0. The lowest BCUT2D eigenvalue weighted by Gasteiger charge is -2.11. The molecule has 2 aromatic carbocycles. The lowest BCUT2D eigenvalue weighted by molar-refractivity contribution is -0.120. The third-order valence-electron chi connectivity index (χ3n) is 5.64. The van der Waals surface area contributed by atoms with E-state index in [-0.39, 0.29) is 23.9 Å². The first-order valence-electron chi connectivity index (χ1n) is 10.6. The quantitative estimate of drug-likeness (QED) is 0.215. The standard InChI is InChI=1S/C12H14BrN3O.C12H15N3O/c1-15-11(12(14)17)4-7-6-16-10-3-2-8(13)5-9(7)10;1-14-11(12(13)16)6-8-7-15-10-5-3-2-4-9(8)10/h2-3,5-6,11,15-16H,4H2,1H3,(H2,14,17);2-5,7,11,14-15H,6H2,1H3,(H2,13,16). The largest absolute Gasteiger partial charge is 0.368 e. The Balaban J connectivity index is 0.000000186. The highest BCUT2D eigenvalue weighted by Gasteiger charge is 2.16. The Labute approximate surface area is 200 Å². The minimum atomic E-state index is -0.340. The van der Waals surface area contributed by atoms with Gasteiger partial charge in [0.2, 0.25) is 11.8 Å². The van der Waals surface area contributed by atoms with Crippen LogP contribution in [-0.2, 0) is 22.4 Å². The maximum atomic E-state index is 11.2. The van der Waals surface area contributed by atoms with Gasteiger partial charge < -0.3 is 32.1 Å². The molecule has 2 unspecified atom stereocenters. The van der Waals surface area contributed by atoms with Crippen LogP contribution in [0.2, 0.25) is 0 Å². The van der Waals surface area contributed by atoms with E-state index in [2.05, 4.69) is 36.5 Å². The molecule has 4 aromatic rings. The van der Waals surface area contributed by atoms with Crippen molar-refractivity contribution in [1.29, 1.82) is 0 Å². The van der Waals surface area contributed by atoms with Gasteiger partial charge in [-0.1, -0.05) is 34.1 Å². The number of aromatic amines is 2. The number of H-pyrrole nitrogens is 2. The fourth-order valence-electron chi connectivity index (χ4n) is 3.75. The normalized spacial score (nSPS) is 12.8. The molecule has 4 rings (SSSR count). The van der Waals surface area contributed by atoms with Gasteiger partial charge in [0, 0.05) is 38.7 Å². The van der Waals surface area contributed by atoms with Crippen LogP contribution in [0.5, 0.6) is 0 Å². The second kappa shape index (κ2) is 11.1. The Bertz CT molecular complexity index is 1250. The average molecular weight is 513 g/mol. The molecule has 174 valence electrons. The van der Waals surface area contributed by atoms with Gasteiger partial charge in [0.05, 0.1) is 12.1 Å². The molecule has 0 saturated carbocycles.